The van der Waals surface area contributed by atoms with Gasteiger partial charge in [0.15, 0.2) is 5.96 Å². The molecule has 0 radical (unpaired) electrons. The van der Waals surface area contributed by atoms with Gasteiger partial charge in [-0.15, -0.1) is 24.0 Å². The number of guanidine groups is 1. The van der Waals surface area contributed by atoms with Gasteiger partial charge in [0.2, 0.25) is 5.88 Å². The molecule has 0 spiro atoms. The van der Waals surface area contributed by atoms with Gasteiger partial charge in [-0.05, 0) is 40.2 Å². The Balaban J connectivity index is 0.00000392. The number of pyridine rings is 1. The molecule has 2 N–H and O–H groups in total. The fraction of sp³-hybridized carbons (Fsp3) is 0.632. The molecular formula is C19H32IN5O3. The van der Waals surface area contributed by atoms with Crippen molar-refractivity contribution in [3.05, 3.63) is 23.9 Å². The molecule has 1 saturated heterocycles. The summed E-state index contributed by atoms with van der Waals surface area (Å²) in [7, 11) is 1.60. The summed E-state index contributed by atoms with van der Waals surface area (Å²) in [6.45, 7) is 10.3. The van der Waals surface area contributed by atoms with Gasteiger partial charge in [0.25, 0.3) is 0 Å². The lowest BCUT2D eigenvalue weighted by Gasteiger charge is -2.23. The number of carbonyl (C=O) groups excluding carboxylic acids is 1. The maximum Gasteiger partial charge on any atom is 0.407 e. The second-order valence-electron chi connectivity index (χ2n) is 7.42. The Labute approximate surface area is 184 Å². The Morgan fingerprint density at radius 2 is 2.14 bits per heavy atom. The van der Waals surface area contributed by atoms with Gasteiger partial charge < -0.3 is 25.0 Å². The summed E-state index contributed by atoms with van der Waals surface area (Å²) < 4.78 is 10.5. The van der Waals surface area contributed by atoms with Crippen molar-refractivity contribution < 1.29 is 14.3 Å². The van der Waals surface area contributed by atoms with Crippen molar-refractivity contribution in [3.8, 4) is 5.88 Å². The number of nitrogens with one attached hydrogen (secondary N) is 2. The Morgan fingerprint density at radius 1 is 1.39 bits per heavy atom. The van der Waals surface area contributed by atoms with Crippen LogP contribution in [-0.2, 0) is 11.3 Å². The van der Waals surface area contributed by atoms with Crippen molar-refractivity contribution in [3.63, 3.8) is 0 Å². The minimum Gasteiger partial charge on any atom is -0.481 e. The maximum absolute atomic E-state index is 12.0. The molecule has 1 aliphatic heterocycles. The molecular weight excluding hydrogens is 473 g/mol. The fourth-order valence-electron chi connectivity index (χ4n) is 2.79. The Morgan fingerprint density at radius 3 is 2.79 bits per heavy atom. The summed E-state index contributed by atoms with van der Waals surface area (Å²) in [5, 5.41) is 6.25. The number of hydrogen-bond donors (Lipinski definition) is 2. The standard InChI is InChI=1S/C19H31N5O3.HI/c1-6-20-17(21-12-14-8-7-9-16(22-14)26-5)24-11-10-15(13-24)23-18(25)27-19(2,3)4;/h7-9,15H,6,10-13H2,1-5H3,(H,20,21)(H,23,25);1H. The van der Waals surface area contributed by atoms with Gasteiger partial charge in [-0.1, -0.05) is 6.07 Å². The van der Waals surface area contributed by atoms with Crippen LogP contribution >= 0.6 is 24.0 Å². The van der Waals surface area contributed by atoms with Crippen molar-refractivity contribution in [2.45, 2.75) is 52.3 Å². The number of halogens is 1. The van der Waals surface area contributed by atoms with E-state index in [0.717, 1.165) is 31.2 Å². The topological polar surface area (TPSA) is 88.1 Å². The highest BCUT2D eigenvalue weighted by Crippen LogP contribution is 2.13. The molecule has 8 nitrogen and oxygen atoms in total. The van der Waals surface area contributed by atoms with Gasteiger partial charge >= 0.3 is 6.09 Å². The number of alkyl carbamates (subject to hydrolysis) is 1. The molecule has 1 unspecified atom stereocenters. The summed E-state index contributed by atoms with van der Waals surface area (Å²) in [6, 6.07) is 5.68. The Hall–Kier alpha value is -1.78. The number of rotatable bonds is 5. The molecule has 9 heteroatoms. The van der Waals surface area contributed by atoms with E-state index in [-0.39, 0.29) is 36.1 Å². The van der Waals surface area contributed by atoms with Crippen LogP contribution in [0.3, 0.4) is 0 Å². The van der Waals surface area contributed by atoms with Gasteiger partial charge in [0, 0.05) is 25.7 Å². The van der Waals surface area contributed by atoms with E-state index in [0.29, 0.717) is 19.0 Å². The highest BCUT2D eigenvalue weighted by Gasteiger charge is 2.27. The maximum atomic E-state index is 12.0. The number of nitrogens with zero attached hydrogens (tertiary/aromatic N) is 3. The molecule has 158 valence electrons. The van der Waals surface area contributed by atoms with Crippen molar-refractivity contribution in [1.29, 1.82) is 0 Å². The average molecular weight is 505 g/mol. The predicted octanol–water partition coefficient (Wildman–Crippen LogP) is 2.77. The van der Waals surface area contributed by atoms with Crippen molar-refractivity contribution >= 4 is 36.0 Å². The van der Waals surface area contributed by atoms with E-state index >= 15 is 0 Å². The third-order valence-corrected chi connectivity index (χ3v) is 3.92. The first-order valence-corrected chi connectivity index (χ1v) is 9.33. The minimum absolute atomic E-state index is 0. The smallest absolute Gasteiger partial charge is 0.407 e. The highest BCUT2D eigenvalue weighted by molar-refractivity contribution is 14.0. The molecule has 0 saturated carbocycles. The highest BCUT2D eigenvalue weighted by atomic mass is 127. The number of amides is 1. The van der Waals surface area contributed by atoms with Crippen LogP contribution in [0.2, 0.25) is 0 Å². The van der Waals surface area contributed by atoms with Crippen LogP contribution in [0.25, 0.3) is 0 Å². The van der Waals surface area contributed by atoms with Crippen LogP contribution in [0.1, 0.15) is 39.8 Å². The summed E-state index contributed by atoms with van der Waals surface area (Å²) in [5.74, 6) is 1.39. The van der Waals surface area contributed by atoms with Gasteiger partial charge in [0.1, 0.15) is 5.60 Å². The van der Waals surface area contributed by atoms with Gasteiger partial charge in [-0.3, -0.25) is 0 Å². The van der Waals surface area contributed by atoms with E-state index in [4.69, 9.17) is 9.47 Å². The number of aromatic nitrogens is 1. The second-order valence-corrected chi connectivity index (χ2v) is 7.42. The molecule has 28 heavy (non-hydrogen) atoms. The zero-order valence-corrected chi connectivity index (χ0v) is 19.6. The summed E-state index contributed by atoms with van der Waals surface area (Å²) in [5.41, 5.74) is 0.343. The molecule has 0 aromatic carbocycles. The van der Waals surface area contributed by atoms with Crippen LogP contribution < -0.4 is 15.4 Å². The first-order chi connectivity index (χ1) is 12.8. The number of likely N-dealkylation sites (tertiary alicyclic amines) is 1. The van der Waals surface area contributed by atoms with Crippen LogP contribution in [0.15, 0.2) is 23.2 Å². The molecule has 0 aliphatic carbocycles. The monoisotopic (exact) mass is 505 g/mol. The van der Waals surface area contributed by atoms with Crippen molar-refractivity contribution in [2.75, 3.05) is 26.7 Å². The van der Waals surface area contributed by atoms with Gasteiger partial charge in [0.05, 0.1) is 25.4 Å². The fourth-order valence-corrected chi connectivity index (χ4v) is 2.79. The summed E-state index contributed by atoms with van der Waals surface area (Å²) in [6.07, 6.45) is 0.470. The van der Waals surface area contributed by atoms with E-state index in [9.17, 15) is 4.79 Å². The van der Waals surface area contributed by atoms with Crippen LogP contribution in [0, 0.1) is 0 Å². The minimum atomic E-state index is -0.498. The second kappa shape index (κ2) is 11.3. The Bertz CT molecular complexity index is 663. The van der Waals surface area contributed by atoms with E-state index in [1.807, 2.05) is 45.9 Å². The largest absolute Gasteiger partial charge is 0.481 e. The summed E-state index contributed by atoms with van der Waals surface area (Å²) in [4.78, 5) is 23.2. The molecule has 1 aliphatic rings. The number of methoxy groups -OCH3 is 1. The SMILES string of the molecule is CCNC(=NCc1cccc(OC)n1)N1CCC(NC(=O)OC(C)(C)C)C1.I. The molecule has 1 atom stereocenters. The predicted molar refractivity (Wildman–Crippen MR) is 120 cm³/mol. The number of aliphatic imine (C=N–C) groups is 1. The zero-order chi connectivity index (χ0) is 19.9. The molecule has 2 rings (SSSR count). The quantitative estimate of drug-likeness (QED) is 0.364. The van der Waals surface area contributed by atoms with E-state index in [2.05, 4.69) is 25.5 Å². The lowest BCUT2D eigenvalue weighted by atomic mass is 10.2. The molecule has 1 aromatic heterocycles. The third-order valence-electron chi connectivity index (χ3n) is 3.92. The Kier molecular flexibility index (Phi) is 9.77. The molecule has 1 amide bonds. The zero-order valence-electron chi connectivity index (χ0n) is 17.3. The molecule has 2 heterocycles. The van der Waals surface area contributed by atoms with Gasteiger partial charge in [-0.25, -0.2) is 14.8 Å². The van der Waals surface area contributed by atoms with Crippen LogP contribution in [-0.4, -0.2) is 60.3 Å². The first kappa shape index (κ1) is 24.3. The molecule has 0 bridgehead atoms. The van der Waals surface area contributed by atoms with E-state index in [1.54, 1.807) is 7.11 Å². The van der Waals surface area contributed by atoms with Crippen LogP contribution in [0.4, 0.5) is 4.79 Å². The summed E-state index contributed by atoms with van der Waals surface area (Å²) >= 11 is 0. The number of carbonyl (C=O) groups is 1. The third kappa shape index (κ3) is 8.07. The first-order valence-electron chi connectivity index (χ1n) is 9.33. The van der Waals surface area contributed by atoms with E-state index < -0.39 is 5.60 Å². The lowest BCUT2D eigenvalue weighted by molar-refractivity contribution is 0.0507. The number of ether oxygens (including phenoxy) is 2. The average Bonchev–Trinajstić information content (AvgIpc) is 3.05. The van der Waals surface area contributed by atoms with E-state index in [1.165, 1.54) is 0 Å². The normalized spacial score (nSPS) is 17.0. The van der Waals surface area contributed by atoms with Crippen molar-refractivity contribution in [2.24, 2.45) is 4.99 Å². The van der Waals surface area contributed by atoms with Crippen LogP contribution in [0.5, 0.6) is 5.88 Å². The molecule has 1 aromatic rings. The van der Waals surface area contributed by atoms with Crippen molar-refractivity contribution in [1.82, 2.24) is 20.5 Å². The number of hydrogen-bond acceptors (Lipinski definition) is 5. The lowest BCUT2D eigenvalue weighted by Crippen LogP contribution is -2.44. The molecule has 1 fully saturated rings. The van der Waals surface area contributed by atoms with Gasteiger partial charge in [-0.2, -0.15) is 0 Å².